The quantitative estimate of drug-likeness (QED) is 0.563. The highest BCUT2D eigenvalue weighted by molar-refractivity contribution is 7.16. The molecule has 0 radical (unpaired) electrons. The lowest BCUT2D eigenvalue weighted by Crippen LogP contribution is -2.52. The summed E-state index contributed by atoms with van der Waals surface area (Å²) in [6, 6.07) is 8.89. The van der Waals surface area contributed by atoms with Gasteiger partial charge >= 0.3 is 0 Å². The third kappa shape index (κ3) is 4.12. The van der Waals surface area contributed by atoms with Gasteiger partial charge in [0.25, 0.3) is 5.91 Å². The van der Waals surface area contributed by atoms with Crippen LogP contribution in [0.5, 0.6) is 0 Å². The second-order valence-corrected chi connectivity index (χ2v) is 10.5. The SMILES string of the molecule is O=C1CCC(N2Cc3cc(C4CCN(Cc5ccc6scnc6c5)CC4)c(F)cc3C2=O)C(=O)N1. The number of carbonyl (C=O) groups excluding carboxylic acids is 3. The number of nitrogens with zero attached hydrogens (tertiary/aromatic N) is 3. The van der Waals surface area contributed by atoms with Gasteiger partial charge in [0.1, 0.15) is 11.9 Å². The summed E-state index contributed by atoms with van der Waals surface area (Å²) in [6.45, 7) is 2.86. The van der Waals surface area contributed by atoms with Crippen LogP contribution < -0.4 is 5.32 Å². The van der Waals surface area contributed by atoms with E-state index in [2.05, 4.69) is 33.4 Å². The molecule has 6 rings (SSSR count). The molecule has 0 saturated carbocycles. The molecule has 9 heteroatoms. The van der Waals surface area contributed by atoms with Crippen LogP contribution in [0.4, 0.5) is 4.39 Å². The summed E-state index contributed by atoms with van der Waals surface area (Å²) in [7, 11) is 0. The highest BCUT2D eigenvalue weighted by Gasteiger charge is 2.40. The van der Waals surface area contributed by atoms with Crippen molar-refractivity contribution in [2.75, 3.05) is 13.1 Å². The van der Waals surface area contributed by atoms with Crippen molar-refractivity contribution < 1.29 is 18.8 Å². The lowest BCUT2D eigenvalue weighted by molar-refractivity contribution is -0.136. The number of thiazole rings is 1. The molecular weight excluding hydrogens is 467 g/mol. The zero-order chi connectivity index (χ0) is 24.1. The first-order valence-corrected chi connectivity index (χ1v) is 12.9. The van der Waals surface area contributed by atoms with Crippen LogP contribution in [0.3, 0.4) is 0 Å². The van der Waals surface area contributed by atoms with Gasteiger partial charge in [0, 0.05) is 25.1 Å². The van der Waals surface area contributed by atoms with Crippen molar-refractivity contribution >= 4 is 39.3 Å². The normalized spacial score (nSPS) is 21.6. The molecule has 1 N–H and O–H groups in total. The monoisotopic (exact) mass is 492 g/mol. The lowest BCUT2D eigenvalue weighted by atomic mass is 9.87. The van der Waals surface area contributed by atoms with E-state index in [1.807, 2.05) is 11.6 Å². The van der Waals surface area contributed by atoms with Gasteiger partial charge in [-0.15, -0.1) is 11.3 Å². The molecule has 2 fully saturated rings. The Kier molecular flexibility index (Phi) is 5.61. The summed E-state index contributed by atoms with van der Waals surface area (Å²) in [4.78, 5) is 44.9. The van der Waals surface area contributed by atoms with E-state index < -0.39 is 11.9 Å². The number of carbonyl (C=O) groups is 3. The third-order valence-corrected chi connectivity index (χ3v) is 8.28. The third-order valence-electron chi connectivity index (χ3n) is 7.47. The number of benzene rings is 2. The van der Waals surface area contributed by atoms with E-state index in [9.17, 15) is 14.4 Å². The first-order chi connectivity index (χ1) is 17.0. The summed E-state index contributed by atoms with van der Waals surface area (Å²) in [5, 5.41) is 2.30. The van der Waals surface area contributed by atoms with Crippen molar-refractivity contribution in [1.82, 2.24) is 20.1 Å². The van der Waals surface area contributed by atoms with Crippen molar-refractivity contribution in [3.63, 3.8) is 0 Å². The molecule has 3 aliphatic rings. The average molecular weight is 493 g/mol. The fraction of sp³-hybridized carbons (Fsp3) is 0.385. The van der Waals surface area contributed by atoms with Gasteiger partial charge in [0.2, 0.25) is 11.8 Å². The Morgan fingerprint density at radius 2 is 1.91 bits per heavy atom. The van der Waals surface area contributed by atoms with Gasteiger partial charge in [-0.25, -0.2) is 9.37 Å². The van der Waals surface area contributed by atoms with Crippen LogP contribution in [-0.4, -0.2) is 51.6 Å². The first-order valence-electron chi connectivity index (χ1n) is 12.0. The molecule has 2 aromatic carbocycles. The Hall–Kier alpha value is -3.17. The molecule has 35 heavy (non-hydrogen) atoms. The van der Waals surface area contributed by atoms with E-state index >= 15 is 4.39 Å². The number of halogens is 1. The van der Waals surface area contributed by atoms with Gasteiger partial charge in [0.15, 0.2) is 0 Å². The number of amides is 3. The molecule has 1 aromatic heterocycles. The van der Waals surface area contributed by atoms with E-state index in [4.69, 9.17) is 0 Å². The summed E-state index contributed by atoms with van der Waals surface area (Å²) in [5.74, 6) is -1.37. The number of hydrogen-bond acceptors (Lipinski definition) is 6. The molecule has 1 atom stereocenters. The van der Waals surface area contributed by atoms with Crippen LogP contribution in [0.2, 0.25) is 0 Å². The van der Waals surface area contributed by atoms with Gasteiger partial charge in [0.05, 0.1) is 15.7 Å². The molecule has 0 aliphatic carbocycles. The number of piperidine rings is 2. The molecule has 180 valence electrons. The molecule has 0 bridgehead atoms. The summed E-state index contributed by atoms with van der Waals surface area (Å²) in [6.07, 6.45) is 2.19. The molecule has 0 spiro atoms. The molecule has 3 aliphatic heterocycles. The zero-order valence-electron chi connectivity index (χ0n) is 19.1. The van der Waals surface area contributed by atoms with Gasteiger partial charge in [-0.05, 0) is 73.2 Å². The maximum atomic E-state index is 15.1. The van der Waals surface area contributed by atoms with E-state index in [0.717, 1.165) is 43.6 Å². The largest absolute Gasteiger partial charge is 0.322 e. The minimum Gasteiger partial charge on any atom is -0.322 e. The maximum absolute atomic E-state index is 15.1. The van der Waals surface area contributed by atoms with E-state index in [1.165, 1.54) is 21.2 Å². The van der Waals surface area contributed by atoms with Crippen LogP contribution in [0.15, 0.2) is 35.8 Å². The van der Waals surface area contributed by atoms with Crippen LogP contribution >= 0.6 is 11.3 Å². The molecule has 3 aromatic rings. The Bertz CT molecular complexity index is 1350. The number of aromatic nitrogens is 1. The number of nitrogens with one attached hydrogen (secondary N) is 1. The van der Waals surface area contributed by atoms with Gasteiger partial charge < -0.3 is 4.90 Å². The topological polar surface area (TPSA) is 82.6 Å². The van der Waals surface area contributed by atoms with Crippen molar-refractivity contribution in [3.8, 4) is 0 Å². The number of likely N-dealkylation sites (tertiary alicyclic amines) is 1. The lowest BCUT2D eigenvalue weighted by Gasteiger charge is -2.32. The number of fused-ring (bicyclic) bond motifs is 2. The summed E-state index contributed by atoms with van der Waals surface area (Å²) >= 11 is 1.64. The summed E-state index contributed by atoms with van der Waals surface area (Å²) in [5.41, 5.74) is 5.87. The Morgan fingerprint density at radius 1 is 1.09 bits per heavy atom. The van der Waals surface area contributed by atoms with Crippen molar-refractivity contribution in [2.24, 2.45) is 0 Å². The minimum atomic E-state index is -0.689. The van der Waals surface area contributed by atoms with Gasteiger partial charge in [-0.2, -0.15) is 0 Å². The van der Waals surface area contributed by atoms with Crippen LogP contribution in [0, 0.1) is 5.82 Å². The number of rotatable bonds is 4. The number of hydrogen-bond donors (Lipinski definition) is 1. The van der Waals surface area contributed by atoms with Crippen molar-refractivity contribution in [3.05, 3.63) is 63.9 Å². The molecule has 7 nitrogen and oxygen atoms in total. The smallest absolute Gasteiger partial charge is 0.255 e. The molecule has 4 heterocycles. The standard InChI is InChI=1S/C26H25FN4O3S/c27-20-11-19-17(13-31(26(19)34)22-2-4-24(32)29-25(22)33)10-18(20)16-5-7-30(8-6-16)12-15-1-3-23-21(9-15)28-14-35-23/h1,3,9-11,14,16,22H,2,4-8,12-13H2,(H,29,32,33). The Labute approximate surface area is 205 Å². The summed E-state index contributed by atoms with van der Waals surface area (Å²) < 4.78 is 16.3. The second-order valence-electron chi connectivity index (χ2n) is 9.64. The van der Waals surface area contributed by atoms with Gasteiger partial charge in [-0.3, -0.25) is 24.6 Å². The van der Waals surface area contributed by atoms with Crippen molar-refractivity contribution in [2.45, 2.75) is 50.7 Å². The Balaban J connectivity index is 1.13. The van der Waals surface area contributed by atoms with Crippen LogP contribution in [0.1, 0.15) is 58.6 Å². The van der Waals surface area contributed by atoms with Gasteiger partial charge in [-0.1, -0.05) is 12.1 Å². The van der Waals surface area contributed by atoms with Crippen molar-refractivity contribution in [1.29, 1.82) is 0 Å². The second kappa shape index (κ2) is 8.80. The fourth-order valence-corrected chi connectivity index (χ4v) is 6.24. The molecule has 2 saturated heterocycles. The predicted octanol–water partition coefficient (Wildman–Crippen LogP) is 3.58. The maximum Gasteiger partial charge on any atom is 0.255 e. The average Bonchev–Trinajstić information content (AvgIpc) is 3.43. The Morgan fingerprint density at radius 3 is 2.71 bits per heavy atom. The van der Waals surface area contributed by atoms with E-state index in [1.54, 1.807) is 11.3 Å². The predicted molar refractivity (Wildman–Crippen MR) is 129 cm³/mol. The first kappa shape index (κ1) is 22.3. The molecule has 3 amide bonds. The highest BCUT2D eigenvalue weighted by atomic mass is 32.1. The van der Waals surface area contributed by atoms with E-state index in [0.29, 0.717) is 17.5 Å². The highest BCUT2D eigenvalue weighted by Crippen LogP contribution is 2.35. The molecule has 1 unspecified atom stereocenters. The zero-order valence-corrected chi connectivity index (χ0v) is 19.9. The molecular formula is C26H25FN4O3S. The van der Waals surface area contributed by atoms with E-state index in [-0.39, 0.29) is 36.5 Å². The fourth-order valence-electron chi connectivity index (χ4n) is 5.58. The minimum absolute atomic E-state index is 0.0947. The number of imide groups is 1. The van der Waals surface area contributed by atoms with Crippen LogP contribution in [-0.2, 0) is 22.7 Å². The van der Waals surface area contributed by atoms with Crippen LogP contribution in [0.25, 0.3) is 10.2 Å².